The van der Waals surface area contributed by atoms with Gasteiger partial charge in [0, 0.05) is 18.2 Å². The number of nitrogens with zero attached hydrogens (tertiary/aromatic N) is 1. The second kappa shape index (κ2) is 10.4. The molecule has 162 valence electrons. The summed E-state index contributed by atoms with van der Waals surface area (Å²) in [6, 6.07) is 15.6. The molecule has 31 heavy (non-hydrogen) atoms. The molecule has 0 saturated carbocycles. The van der Waals surface area contributed by atoms with Crippen LogP contribution in [0.15, 0.2) is 72.0 Å². The summed E-state index contributed by atoms with van der Waals surface area (Å²) >= 11 is 6.02. The van der Waals surface area contributed by atoms with Crippen LogP contribution in [0.3, 0.4) is 0 Å². The smallest absolute Gasteiger partial charge is 0.290 e. The second-order valence-electron chi connectivity index (χ2n) is 7.60. The van der Waals surface area contributed by atoms with Gasteiger partial charge in [-0.05, 0) is 49.6 Å². The van der Waals surface area contributed by atoms with E-state index in [0.29, 0.717) is 30.2 Å². The van der Waals surface area contributed by atoms with Crippen molar-refractivity contribution in [3.8, 4) is 0 Å². The Balaban J connectivity index is 1.89. The number of rotatable bonds is 9. The van der Waals surface area contributed by atoms with Crippen molar-refractivity contribution in [3.63, 3.8) is 0 Å². The standard InChI is InChI=1S/C25H26ClNO4/c1-17(2)31-16-6-15-27-23(19-10-12-20(26)13-11-19)22(24(29)25(27)30)21(28)14-9-18-7-4-3-5-8-18/h3-5,7-14,17,23,29H,6,15-16H2,1-2H3/b14-9+/t23-/m1/s1. The van der Waals surface area contributed by atoms with Crippen LogP contribution in [0.2, 0.25) is 5.02 Å². The molecule has 1 aliphatic heterocycles. The lowest BCUT2D eigenvalue weighted by Gasteiger charge is -2.26. The van der Waals surface area contributed by atoms with E-state index < -0.39 is 23.5 Å². The lowest BCUT2D eigenvalue weighted by atomic mass is 9.95. The highest BCUT2D eigenvalue weighted by atomic mass is 35.5. The minimum absolute atomic E-state index is 0.0734. The number of aliphatic hydroxyl groups is 1. The Morgan fingerprint density at radius 2 is 1.84 bits per heavy atom. The monoisotopic (exact) mass is 439 g/mol. The van der Waals surface area contributed by atoms with Crippen LogP contribution in [0.25, 0.3) is 6.08 Å². The van der Waals surface area contributed by atoms with Gasteiger partial charge in [0.2, 0.25) is 0 Å². The Bertz CT molecular complexity index is 980. The number of ketones is 1. The van der Waals surface area contributed by atoms with Crippen LogP contribution in [0.5, 0.6) is 0 Å². The molecule has 0 bridgehead atoms. The molecule has 5 nitrogen and oxygen atoms in total. The molecule has 0 aliphatic carbocycles. The lowest BCUT2D eigenvalue weighted by molar-refractivity contribution is -0.129. The average molecular weight is 440 g/mol. The molecular weight excluding hydrogens is 414 g/mol. The van der Waals surface area contributed by atoms with Gasteiger partial charge < -0.3 is 14.7 Å². The molecular formula is C25H26ClNO4. The number of aliphatic hydroxyl groups excluding tert-OH is 1. The number of halogens is 1. The van der Waals surface area contributed by atoms with E-state index in [-0.39, 0.29) is 11.7 Å². The topological polar surface area (TPSA) is 66.8 Å². The summed E-state index contributed by atoms with van der Waals surface area (Å²) in [6.45, 7) is 4.72. The van der Waals surface area contributed by atoms with Gasteiger partial charge in [0.1, 0.15) is 0 Å². The van der Waals surface area contributed by atoms with Crippen molar-refractivity contribution in [1.29, 1.82) is 0 Å². The van der Waals surface area contributed by atoms with Crippen molar-refractivity contribution < 1.29 is 19.4 Å². The third kappa shape index (κ3) is 5.63. The first kappa shape index (κ1) is 22.8. The highest BCUT2D eigenvalue weighted by Gasteiger charge is 2.42. The molecule has 0 spiro atoms. The van der Waals surface area contributed by atoms with Crippen molar-refractivity contribution in [3.05, 3.63) is 88.2 Å². The third-order valence-electron chi connectivity index (χ3n) is 4.98. The zero-order valence-electron chi connectivity index (χ0n) is 17.6. The Morgan fingerprint density at radius 1 is 1.16 bits per heavy atom. The third-order valence-corrected chi connectivity index (χ3v) is 5.23. The molecule has 6 heteroatoms. The number of ether oxygens (including phenoxy) is 1. The van der Waals surface area contributed by atoms with Gasteiger partial charge in [-0.15, -0.1) is 0 Å². The summed E-state index contributed by atoms with van der Waals surface area (Å²) < 4.78 is 5.57. The first-order valence-corrected chi connectivity index (χ1v) is 10.6. The predicted molar refractivity (Wildman–Crippen MR) is 122 cm³/mol. The molecule has 0 aromatic heterocycles. The van der Waals surface area contributed by atoms with Crippen molar-refractivity contribution in [2.75, 3.05) is 13.2 Å². The zero-order chi connectivity index (χ0) is 22.4. The van der Waals surface area contributed by atoms with E-state index in [4.69, 9.17) is 16.3 Å². The summed E-state index contributed by atoms with van der Waals surface area (Å²) in [7, 11) is 0. The number of carbonyl (C=O) groups excluding carboxylic acids is 2. The van der Waals surface area contributed by atoms with Crippen LogP contribution < -0.4 is 0 Å². The Labute approximate surface area is 187 Å². The molecule has 3 rings (SSSR count). The summed E-state index contributed by atoms with van der Waals surface area (Å²) in [4.78, 5) is 27.4. The van der Waals surface area contributed by atoms with Crippen molar-refractivity contribution in [2.45, 2.75) is 32.4 Å². The summed E-state index contributed by atoms with van der Waals surface area (Å²) in [5.41, 5.74) is 1.64. The highest BCUT2D eigenvalue weighted by molar-refractivity contribution is 6.30. The molecule has 0 fully saturated rings. The number of carbonyl (C=O) groups is 2. The molecule has 1 amide bonds. The molecule has 1 atom stereocenters. The molecule has 0 unspecified atom stereocenters. The number of allylic oxidation sites excluding steroid dienone is 1. The van der Waals surface area contributed by atoms with E-state index in [1.54, 1.807) is 30.3 Å². The van der Waals surface area contributed by atoms with Crippen LogP contribution >= 0.6 is 11.6 Å². The van der Waals surface area contributed by atoms with Gasteiger partial charge in [-0.3, -0.25) is 9.59 Å². The fraction of sp³-hybridized carbons (Fsp3) is 0.280. The summed E-state index contributed by atoms with van der Waals surface area (Å²) in [5, 5.41) is 11.2. The van der Waals surface area contributed by atoms with E-state index in [9.17, 15) is 14.7 Å². The van der Waals surface area contributed by atoms with Crippen LogP contribution in [-0.4, -0.2) is 41.0 Å². The molecule has 1 aliphatic rings. The van der Waals surface area contributed by atoms with Crippen molar-refractivity contribution in [1.82, 2.24) is 4.90 Å². The van der Waals surface area contributed by atoms with Crippen LogP contribution in [0.4, 0.5) is 0 Å². The molecule has 2 aromatic carbocycles. The van der Waals surface area contributed by atoms with Gasteiger partial charge in [0.05, 0.1) is 17.7 Å². The van der Waals surface area contributed by atoms with E-state index in [1.807, 2.05) is 44.2 Å². The first-order chi connectivity index (χ1) is 14.9. The van der Waals surface area contributed by atoms with Gasteiger partial charge in [-0.2, -0.15) is 0 Å². The van der Waals surface area contributed by atoms with E-state index >= 15 is 0 Å². The lowest BCUT2D eigenvalue weighted by Crippen LogP contribution is -2.32. The SMILES string of the molecule is CC(C)OCCCN1C(=O)C(O)=C(C(=O)/C=C/c2ccccc2)[C@H]1c1ccc(Cl)cc1. The van der Waals surface area contributed by atoms with Gasteiger partial charge in [-0.25, -0.2) is 0 Å². The Morgan fingerprint density at radius 3 is 2.48 bits per heavy atom. The minimum atomic E-state index is -0.684. The Kier molecular flexibility index (Phi) is 7.66. The van der Waals surface area contributed by atoms with Gasteiger partial charge in [0.25, 0.3) is 5.91 Å². The van der Waals surface area contributed by atoms with E-state index in [2.05, 4.69) is 0 Å². The fourth-order valence-electron chi connectivity index (χ4n) is 3.51. The maximum absolute atomic E-state index is 13.1. The van der Waals surface area contributed by atoms with Crippen molar-refractivity contribution >= 4 is 29.4 Å². The van der Waals surface area contributed by atoms with Crippen molar-refractivity contribution in [2.24, 2.45) is 0 Å². The predicted octanol–water partition coefficient (Wildman–Crippen LogP) is 5.13. The van der Waals surface area contributed by atoms with Crippen LogP contribution in [0, 0.1) is 0 Å². The molecule has 2 aromatic rings. The van der Waals surface area contributed by atoms with Gasteiger partial charge in [-0.1, -0.05) is 60.1 Å². The van der Waals surface area contributed by atoms with Crippen LogP contribution in [-0.2, 0) is 14.3 Å². The maximum Gasteiger partial charge on any atom is 0.290 e. The molecule has 0 saturated heterocycles. The second-order valence-corrected chi connectivity index (χ2v) is 8.03. The first-order valence-electron chi connectivity index (χ1n) is 10.3. The fourth-order valence-corrected chi connectivity index (χ4v) is 3.63. The average Bonchev–Trinajstić information content (AvgIpc) is 3.01. The number of hydrogen-bond acceptors (Lipinski definition) is 4. The zero-order valence-corrected chi connectivity index (χ0v) is 18.4. The number of amides is 1. The van der Waals surface area contributed by atoms with E-state index in [1.165, 1.54) is 11.0 Å². The van der Waals surface area contributed by atoms with Gasteiger partial charge in [0.15, 0.2) is 11.5 Å². The maximum atomic E-state index is 13.1. The minimum Gasteiger partial charge on any atom is -0.503 e. The normalized spacial score (nSPS) is 16.7. The Hall–Kier alpha value is -2.89. The van der Waals surface area contributed by atoms with Gasteiger partial charge >= 0.3 is 0 Å². The summed E-state index contributed by atoms with van der Waals surface area (Å²) in [6.07, 6.45) is 3.74. The largest absolute Gasteiger partial charge is 0.503 e. The molecule has 1 N–H and O–H groups in total. The summed E-state index contributed by atoms with van der Waals surface area (Å²) in [5.74, 6) is -1.47. The molecule has 0 radical (unpaired) electrons. The van der Waals surface area contributed by atoms with E-state index in [0.717, 1.165) is 5.56 Å². The molecule has 1 heterocycles. The number of hydrogen-bond donors (Lipinski definition) is 1. The number of benzene rings is 2. The quantitative estimate of drug-likeness (QED) is 0.434. The van der Waals surface area contributed by atoms with Crippen LogP contribution in [0.1, 0.15) is 37.4 Å². The highest BCUT2D eigenvalue weighted by Crippen LogP contribution is 2.38.